The normalized spacial score (nSPS) is 27.0. The van der Waals surface area contributed by atoms with Gasteiger partial charge >= 0.3 is 0 Å². The zero-order chi connectivity index (χ0) is 32.3. The summed E-state index contributed by atoms with van der Waals surface area (Å²) in [6, 6.07) is 20.5. The van der Waals surface area contributed by atoms with E-state index in [1.165, 1.54) is 9.80 Å². The number of carbonyl (C=O) groups is 4. The number of phenolic OH excluding ortho intramolecular Hbond substituents is 1. The number of phenols is 1. The molecule has 7 heteroatoms. The summed E-state index contributed by atoms with van der Waals surface area (Å²) in [7, 11) is 0. The third-order valence-electron chi connectivity index (χ3n) is 10.7. The lowest BCUT2D eigenvalue weighted by molar-refractivity contribution is -0.126. The van der Waals surface area contributed by atoms with Crippen LogP contribution in [0.25, 0.3) is 0 Å². The molecule has 7 rings (SSSR count). The second kappa shape index (κ2) is 11.5. The van der Waals surface area contributed by atoms with E-state index in [0.717, 1.165) is 29.5 Å². The Morgan fingerprint density at radius 1 is 0.739 bits per heavy atom. The Morgan fingerprint density at radius 3 is 1.87 bits per heavy atom. The van der Waals surface area contributed by atoms with Gasteiger partial charge in [0.1, 0.15) is 5.75 Å². The first-order valence-corrected chi connectivity index (χ1v) is 16.3. The Balaban J connectivity index is 1.33. The fourth-order valence-electron chi connectivity index (χ4n) is 8.39. The van der Waals surface area contributed by atoms with E-state index in [0.29, 0.717) is 35.3 Å². The number of rotatable bonds is 7. The summed E-state index contributed by atoms with van der Waals surface area (Å²) >= 11 is 0. The van der Waals surface area contributed by atoms with E-state index in [4.69, 9.17) is 0 Å². The number of hydrogen-bond donors (Lipinski definition) is 1. The summed E-state index contributed by atoms with van der Waals surface area (Å²) < 4.78 is 0. The summed E-state index contributed by atoms with van der Waals surface area (Å²) in [6.45, 7) is 7.93. The molecule has 2 aliphatic heterocycles. The Hall–Kier alpha value is -4.78. The molecule has 1 N–H and O–H groups in total. The number of fused-ring (bicyclic) bond motifs is 4. The Morgan fingerprint density at radius 2 is 1.30 bits per heavy atom. The molecule has 0 unspecified atom stereocenters. The molecule has 6 atom stereocenters. The van der Waals surface area contributed by atoms with Crippen molar-refractivity contribution < 1.29 is 24.3 Å². The molecule has 234 valence electrons. The Labute approximate surface area is 269 Å². The lowest BCUT2D eigenvalue weighted by atomic mass is 9.57. The fourth-order valence-corrected chi connectivity index (χ4v) is 8.39. The second-order valence-electron chi connectivity index (χ2n) is 12.9. The van der Waals surface area contributed by atoms with E-state index in [9.17, 15) is 24.3 Å². The summed E-state index contributed by atoms with van der Waals surface area (Å²) in [6.07, 6.45) is 6.49. The van der Waals surface area contributed by atoms with Gasteiger partial charge in [-0.3, -0.25) is 29.0 Å². The third-order valence-corrected chi connectivity index (χ3v) is 10.7. The predicted octanol–water partition coefficient (Wildman–Crippen LogP) is 6.29. The maximum absolute atomic E-state index is 14.4. The summed E-state index contributed by atoms with van der Waals surface area (Å²) in [4.78, 5) is 59.3. The second-order valence-corrected chi connectivity index (χ2v) is 12.9. The van der Waals surface area contributed by atoms with Crippen molar-refractivity contribution in [3.8, 4) is 5.75 Å². The largest absolute Gasteiger partial charge is 0.507 e. The van der Waals surface area contributed by atoms with E-state index in [1.807, 2.05) is 79.7 Å². The molecular weight excluding hydrogens is 576 g/mol. The molecule has 4 amide bonds. The lowest BCUT2D eigenvalue weighted by Crippen LogP contribution is -2.43. The van der Waals surface area contributed by atoms with Gasteiger partial charge in [0, 0.05) is 11.5 Å². The van der Waals surface area contributed by atoms with Crippen LogP contribution in [0.2, 0.25) is 0 Å². The number of carbonyl (C=O) groups excluding carboxylic acids is 4. The SMILES string of the molecule is C=CCc1cccc([C@H]2C3=CC[C@@H]4C(=O)N(c5ccc(CC)cc5)C(=O)[C@@H]4[C@@H]3C[C@H]3C(=O)N(c4ccc(CC)cc4)C(=O)[C@@H]23)c1O. The van der Waals surface area contributed by atoms with Crippen LogP contribution in [0.5, 0.6) is 5.75 Å². The molecule has 0 aromatic heterocycles. The highest BCUT2D eigenvalue weighted by molar-refractivity contribution is 6.24. The van der Waals surface area contributed by atoms with Gasteiger partial charge in [0.25, 0.3) is 0 Å². The zero-order valence-electron chi connectivity index (χ0n) is 26.2. The standard InChI is InChI=1S/C39H38N2O5/c1-4-8-24-9-7-10-28(35(24)42)32-27-19-20-29-33(38(45)40(36(29)43)25-15-11-22(5-2)12-16-25)30(27)21-31-34(32)39(46)41(37(31)44)26-17-13-23(6-3)14-18-26/h4,7,9-19,29-34,42H,1,5-6,8,20-21H2,2-3H3/t29-,30+,31+,32+,33-,34+/m0/s1. The number of anilines is 2. The molecule has 2 heterocycles. The molecule has 3 fully saturated rings. The number of nitrogens with zero attached hydrogens (tertiary/aromatic N) is 2. The average Bonchev–Trinajstić information content (AvgIpc) is 3.48. The van der Waals surface area contributed by atoms with Gasteiger partial charge in [-0.1, -0.05) is 74.0 Å². The zero-order valence-corrected chi connectivity index (χ0v) is 26.2. The molecule has 7 nitrogen and oxygen atoms in total. The van der Waals surface area contributed by atoms with E-state index in [1.54, 1.807) is 6.08 Å². The quantitative estimate of drug-likeness (QED) is 0.249. The molecule has 1 saturated carbocycles. The van der Waals surface area contributed by atoms with Crippen LogP contribution in [0.1, 0.15) is 54.9 Å². The Kier molecular flexibility index (Phi) is 7.50. The number of hydrogen-bond acceptors (Lipinski definition) is 5. The molecule has 4 aliphatic rings. The highest BCUT2D eigenvalue weighted by atomic mass is 16.3. The molecular formula is C39H38N2O5. The van der Waals surface area contributed by atoms with Crippen LogP contribution in [0.15, 0.2) is 91.0 Å². The minimum absolute atomic E-state index is 0.0762. The van der Waals surface area contributed by atoms with Crippen LogP contribution in [0, 0.1) is 29.6 Å². The maximum Gasteiger partial charge on any atom is 0.238 e. The van der Waals surface area contributed by atoms with Crippen molar-refractivity contribution in [1.29, 1.82) is 0 Å². The van der Waals surface area contributed by atoms with Crippen molar-refractivity contribution in [1.82, 2.24) is 0 Å². The Bertz CT molecular complexity index is 1790. The van der Waals surface area contributed by atoms with Crippen molar-refractivity contribution in [3.63, 3.8) is 0 Å². The topological polar surface area (TPSA) is 95.0 Å². The van der Waals surface area contributed by atoms with Crippen molar-refractivity contribution in [3.05, 3.63) is 113 Å². The van der Waals surface area contributed by atoms with Gasteiger partial charge in [-0.25, -0.2) is 0 Å². The first-order valence-electron chi connectivity index (χ1n) is 16.3. The van der Waals surface area contributed by atoms with Gasteiger partial charge in [0.2, 0.25) is 23.6 Å². The van der Waals surface area contributed by atoms with Gasteiger partial charge in [-0.2, -0.15) is 0 Å². The number of aryl methyl sites for hydroxylation is 2. The van der Waals surface area contributed by atoms with Gasteiger partial charge in [0.05, 0.1) is 35.0 Å². The van der Waals surface area contributed by atoms with Crippen LogP contribution in [-0.4, -0.2) is 28.7 Å². The molecule has 0 spiro atoms. The van der Waals surface area contributed by atoms with Gasteiger partial charge in [-0.05, 0) is 79.0 Å². The maximum atomic E-state index is 14.4. The van der Waals surface area contributed by atoms with Crippen LogP contribution >= 0.6 is 0 Å². The molecule has 2 aliphatic carbocycles. The number of aromatic hydroxyl groups is 1. The number of allylic oxidation sites excluding steroid dienone is 3. The van der Waals surface area contributed by atoms with Crippen molar-refractivity contribution in [2.24, 2.45) is 29.6 Å². The summed E-state index contributed by atoms with van der Waals surface area (Å²) in [5, 5.41) is 11.6. The summed E-state index contributed by atoms with van der Waals surface area (Å²) in [5.74, 6) is -4.70. The fraction of sp³-hybridized carbons (Fsp3) is 0.333. The third kappa shape index (κ3) is 4.47. The first kappa shape index (κ1) is 29.9. The monoisotopic (exact) mass is 614 g/mol. The number of benzene rings is 3. The van der Waals surface area contributed by atoms with Gasteiger partial charge < -0.3 is 5.11 Å². The molecule has 3 aromatic carbocycles. The highest BCUT2D eigenvalue weighted by Crippen LogP contribution is 2.59. The highest BCUT2D eigenvalue weighted by Gasteiger charge is 2.62. The van der Waals surface area contributed by atoms with Crippen LogP contribution in [-0.2, 0) is 38.4 Å². The van der Waals surface area contributed by atoms with E-state index < -0.39 is 35.5 Å². The molecule has 46 heavy (non-hydrogen) atoms. The predicted molar refractivity (Wildman–Crippen MR) is 176 cm³/mol. The molecule has 0 radical (unpaired) electrons. The van der Waals surface area contributed by atoms with Gasteiger partial charge in [0.15, 0.2) is 0 Å². The van der Waals surface area contributed by atoms with Crippen molar-refractivity contribution in [2.75, 3.05) is 9.80 Å². The van der Waals surface area contributed by atoms with Crippen LogP contribution in [0.3, 0.4) is 0 Å². The first-order chi connectivity index (χ1) is 22.3. The minimum Gasteiger partial charge on any atom is -0.507 e. The smallest absolute Gasteiger partial charge is 0.238 e. The van der Waals surface area contributed by atoms with E-state index in [-0.39, 0.29) is 35.8 Å². The number of para-hydroxylation sites is 1. The van der Waals surface area contributed by atoms with Crippen molar-refractivity contribution in [2.45, 2.75) is 51.9 Å². The average molecular weight is 615 g/mol. The number of imide groups is 2. The number of amides is 4. The van der Waals surface area contributed by atoms with Crippen LogP contribution < -0.4 is 9.80 Å². The molecule has 0 bridgehead atoms. The van der Waals surface area contributed by atoms with Crippen LogP contribution in [0.4, 0.5) is 11.4 Å². The lowest BCUT2D eigenvalue weighted by Gasteiger charge is -2.44. The minimum atomic E-state index is -0.743. The van der Waals surface area contributed by atoms with Crippen molar-refractivity contribution >= 4 is 35.0 Å². The summed E-state index contributed by atoms with van der Waals surface area (Å²) in [5.41, 5.74) is 5.40. The molecule has 2 saturated heterocycles. The molecule has 3 aromatic rings. The van der Waals surface area contributed by atoms with Gasteiger partial charge in [-0.15, -0.1) is 6.58 Å². The van der Waals surface area contributed by atoms with E-state index in [2.05, 4.69) is 13.5 Å². The van der Waals surface area contributed by atoms with E-state index >= 15 is 0 Å².